The second-order valence-corrected chi connectivity index (χ2v) is 7.40. The second-order valence-electron chi connectivity index (χ2n) is 5.44. The third-order valence-corrected chi connectivity index (χ3v) is 5.55. The molecule has 1 N–H and O–H groups in total. The van der Waals surface area contributed by atoms with Gasteiger partial charge in [0.1, 0.15) is 0 Å². The molecule has 0 spiro atoms. The van der Waals surface area contributed by atoms with Gasteiger partial charge in [-0.2, -0.15) is 4.31 Å². The van der Waals surface area contributed by atoms with Gasteiger partial charge in [0.2, 0.25) is 10.0 Å². The summed E-state index contributed by atoms with van der Waals surface area (Å²) in [5, 5.41) is 8.75. The molecule has 0 fully saturated rings. The lowest BCUT2D eigenvalue weighted by Gasteiger charge is -2.27. The van der Waals surface area contributed by atoms with Gasteiger partial charge in [-0.15, -0.1) is 0 Å². The van der Waals surface area contributed by atoms with Crippen molar-refractivity contribution >= 4 is 16.0 Å². The molecule has 0 aliphatic rings. The summed E-state index contributed by atoms with van der Waals surface area (Å²) < 4.78 is 26.3. The van der Waals surface area contributed by atoms with Crippen molar-refractivity contribution in [3.63, 3.8) is 0 Å². The number of hydrogen-bond donors (Lipinski definition) is 1. The molecule has 0 saturated carbocycles. The van der Waals surface area contributed by atoms with Gasteiger partial charge in [0, 0.05) is 12.6 Å². The predicted molar refractivity (Wildman–Crippen MR) is 82.7 cm³/mol. The van der Waals surface area contributed by atoms with Crippen LogP contribution in [0.25, 0.3) is 0 Å². The van der Waals surface area contributed by atoms with E-state index in [0.29, 0.717) is 0 Å². The molecule has 118 valence electrons. The molecule has 0 radical (unpaired) electrons. The van der Waals surface area contributed by atoms with Crippen LogP contribution in [-0.4, -0.2) is 42.1 Å². The predicted octanol–water partition coefficient (Wildman–Crippen LogP) is 2.31. The highest BCUT2D eigenvalue weighted by Crippen LogP contribution is 2.20. The van der Waals surface area contributed by atoms with E-state index in [0.717, 1.165) is 5.56 Å². The molecule has 1 aromatic rings. The molecule has 6 heteroatoms. The van der Waals surface area contributed by atoms with E-state index in [4.69, 9.17) is 5.11 Å². The van der Waals surface area contributed by atoms with Crippen molar-refractivity contribution in [1.82, 2.24) is 4.31 Å². The van der Waals surface area contributed by atoms with Gasteiger partial charge in [0.15, 0.2) is 0 Å². The van der Waals surface area contributed by atoms with Crippen molar-refractivity contribution in [3.8, 4) is 0 Å². The molecule has 0 aliphatic carbocycles. The summed E-state index contributed by atoms with van der Waals surface area (Å²) in [6.07, 6.45) is -0.183. The van der Waals surface area contributed by atoms with Gasteiger partial charge in [0.05, 0.1) is 12.2 Å². The Morgan fingerprint density at radius 1 is 1.19 bits per heavy atom. The molecule has 1 aromatic carbocycles. The van der Waals surface area contributed by atoms with Crippen LogP contribution in [0.2, 0.25) is 0 Å². The summed E-state index contributed by atoms with van der Waals surface area (Å²) in [5.74, 6) is -1.15. The van der Waals surface area contributed by atoms with Crippen molar-refractivity contribution in [2.75, 3.05) is 12.3 Å². The van der Waals surface area contributed by atoms with E-state index in [1.807, 2.05) is 37.3 Å². The third kappa shape index (κ3) is 5.47. The Balaban J connectivity index is 2.84. The van der Waals surface area contributed by atoms with Crippen LogP contribution in [0.15, 0.2) is 30.3 Å². The first-order valence-electron chi connectivity index (χ1n) is 7.00. The number of aliphatic carboxylic acids is 1. The van der Waals surface area contributed by atoms with Crippen LogP contribution >= 0.6 is 0 Å². The zero-order valence-electron chi connectivity index (χ0n) is 12.7. The van der Waals surface area contributed by atoms with Crippen LogP contribution in [0, 0.1) is 0 Å². The van der Waals surface area contributed by atoms with Gasteiger partial charge in [-0.3, -0.25) is 4.79 Å². The SMILES string of the molecule is CC(CS(=O)(=O)N(CCC(=O)O)C(C)C)c1ccccc1. The topological polar surface area (TPSA) is 74.7 Å². The molecule has 5 nitrogen and oxygen atoms in total. The smallest absolute Gasteiger partial charge is 0.304 e. The van der Waals surface area contributed by atoms with Gasteiger partial charge < -0.3 is 5.11 Å². The first-order valence-corrected chi connectivity index (χ1v) is 8.61. The van der Waals surface area contributed by atoms with Crippen LogP contribution in [0.1, 0.15) is 38.7 Å². The Hall–Kier alpha value is -1.40. The average Bonchev–Trinajstić information content (AvgIpc) is 2.38. The molecule has 0 saturated heterocycles. The monoisotopic (exact) mass is 313 g/mol. The van der Waals surface area contributed by atoms with Gasteiger partial charge in [-0.1, -0.05) is 37.3 Å². The lowest BCUT2D eigenvalue weighted by molar-refractivity contribution is -0.137. The maximum absolute atomic E-state index is 12.5. The fourth-order valence-corrected chi connectivity index (χ4v) is 4.24. The Labute approximate surface area is 126 Å². The molecule has 0 aromatic heterocycles. The van der Waals surface area contributed by atoms with E-state index in [2.05, 4.69) is 0 Å². The number of rotatable bonds is 8. The highest BCUT2D eigenvalue weighted by molar-refractivity contribution is 7.89. The van der Waals surface area contributed by atoms with E-state index >= 15 is 0 Å². The fourth-order valence-electron chi connectivity index (χ4n) is 2.21. The quantitative estimate of drug-likeness (QED) is 0.799. The highest BCUT2D eigenvalue weighted by Gasteiger charge is 2.27. The lowest BCUT2D eigenvalue weighted by Crippen LogP contribution is -2.40. The van der Waals surface area contributed by atoms with Crippen LogP contribution in [-0.2, 0) is 14.8 Å². The largest absolute Gasteiger partial charge is 0.481 e. The molecule has 21 heavy (non-hydrogen) atoms. The maximum Gasteiger partial charge on any atom is 0.304 e. The summed E-state index contributed by atoms with van der Waals surface area (Å²) in [5.41, 5.74) is 0.961. The first-order chi connectivity index (χ1) is 9.74. The molecular weight excluding hydrogens is 290 g/mol. The number of carboxylic acid groups (broad SMARTS) is 1. The van der Waals surface area contributed by atoms with Gasteiger partial charge in [-0.25, -0.2) is 8.42 Å². The fraction of sp³-hybridized carbons (Fsp3) is 0.533. The Bertz CT molecular complexity index is 554. The van der Waals surface area contributed by atoms with Crippen molar-refractivity contribution in [3.05, 3.63) is 35.9 Å². The van der Waals surface area contributed by atoms with Crippen molar-refractivity contribution in [2.24, 2.45) is 0 Å². The molecule has 0 amide bonds. The number of carboxylic acids is 1. The zero-order chi connectivity index (χ0) is 16.0. The van der Waals surface area contributed by atoms with Crippen LogP contribution in [0.5, 0.6) is 0 Å². The van der Waals surface area contributed by atoms with E-state index < -0.39 is 16.0 Å². The lowest BCUT2D eigenvalue weighted by atomic mass is 10.0. The number of hydrogen-bond acceptors (Lipinski definition) is 3. The maximum atomic E-state index is 12.5. The van der Waals surface area contributed by atoms with E-state index in [1.165, 1.54) is 4.31 Å². The molecule has 0 aliphatic heterocycles. The number of sulfonamides is 1. The Morgan fingerprint density at radius 2 is 1.76 bits per heavy atom. The minimum Gasteiger partial charge on any atom is -0.481 e. The zero-order valence-corrected chi connectivity index (χ0v) is 13.5. The van der Waals surface area contributed by atoms with E-state index in [1.54, 1.807) is 13.8 Å². The van der Waals surface area contributed by atoms with Gasteiger partial charge >= 0.3 is 5.97 Å². The van der Waals surface area contributed by atoms with Crippen molar-refractivity contribution in [2.45, 2.75) is 39.2 Å². The summed E-state index contributed by atoms with van der Waals surface area (Å²) in [4.78, 5) is 10.7. The molecule has 0 bridgehead atoms. The molecular formula is C15H23NO4S. The van der Waals surface area contributed by atoms with E-state index in [9.17, 15) is 13.2 Å². The van der Waals surface area contributed by atoms with Crippen LogP contribution in [0.4, 0.5) is 0 Å². The standard InChI is InChI=1S/C15H23NO4S/c1-12(2)16(10-9-15(17)18)21(19,20)11-13(3)14-7-5-4-6-8-14/h4-8,12-13H,9-11H2,1-3H3,(H,17,18). The number of carbonyl (C=O) groups is 1. The first kappa shape index (κ1) is 17.7. The normalized spacial score (nSPS) is 13.6. The van der Waals surface area contributed by atoms with E-state index in [-0.39, 0.29) is 30.7 Å². The van der Waals surface area contributed by atoms with Crippen LogP contribution < -0.4 is 0 Å². The third-order valence-electron chi connectivity index (χ3n) is 3.31. The number of benzene rings is 1. The van der Waals surface area contributed by atoms with Crippen molar-refractivity contribution in [1.29, 1.82) is 0 Å². The highest BCUT2D eigenvalue weighted by atomic mass is 32.2. The Morgan fingerprint density at radius 3 is 2.24 bits per heavy atom. The molecule has 1 atom stereocenters. The van der Waals surface area contributed by atoms with Crippen LogP contribution in [0.3, 0.4) is 0 Å². The molecule has 0 heterocycles. The average molecular weight is 313 g/mol. The summed E-state index contributed by atoms with van der Waals surface area (Å²) in [6.45, 7) is 5.39. The summed E-state index contributed by atoms with van der Waals surface area (Å²) in [6, 6.07) is 9.19. The minimum atomic E-state index is -3.49. The number of nitrogens with zero attached hydrogens (tertiary/aromatic N) is 1. The molecule has 1 rings (SSSR count). The summed E-state index contributed by atoms with van der Waals surface area (Å²) in [7, 11) is -3.49. The Kier molecular flexibility index (Phi) is 6.36. The van der Waals surface area contributed by atoms with Gasteiger partial charge in [-0.05, 0) is 25.3 Å². The van der Waals surface area contributed by atoms with Gasteiger partial charge in [0.25, 0.3) is 0 Å². The second kappa shape index (κ2) is 7.56. The summed E-state index contributed by atoms with van der Waals surface area (Å²) >= 11 is 0. The minimum absolute atomic E-state index is 0.0108. The molecule has 1 unspecified atom stereocenters. The van der Waals surface area contributed by atoms with Crippen molar-refractivity contribution < 1.29 is 18.3 Å².